The molecule has 168 valence electrons. The number of aromatic nitrogens is 4. The molecule has 0 spiro atoms. The van der Waals surface area contributed by atoms with E-state index in [0.717, 1.165) is 23.2 Å². The number of hydrogen-bond donors (Lipinski definition) is 1. The maximum Gasteiger partial charge on any atom is 0.487 e. The summed E-state index contributed by atoms with van der Waals surface area (Å²) in [5.41, 5.74) is 0.204. The number of nitrogens with one attached hydrogen (secondary N) is 1. The number of carbonyl (C=O) groups is 1. The predicted octanol–water partition coefficient (Wildman–Crippen LogP) is 5.32. The molecule has 33 heavy (non-hydrogen) atoms. The van der Waals surface area contributed by atoms with Crippen molar-refractivity contribution in [1.29, 1.82) is 0 Å². The fourth-order valence-electron chi connectivity index (χ4n) is 3.66. The summed E-state index contributed by atoms with van der Waals surface area (Å²) in [5.74, 6) is 0.154. The van der Waals surface area contributed by atoms with Crippen molar-refractivity contribution in [3.8, 4) is 16.9 Å². The topological polar surface area (TPSA) is 81.9 Å². The minimum absolute atomic E-state index is 0.123. The van der Waals surface area contributed by atoms with Gasteiger partial charge in [-0.1, -0.05) is 0 Å². The molecule has 0 bridgehead atoms. The minimum Gasteiger partial charge on any atom is -0.420 e. The normalized spacial score (nSPS) is 13.8. The van der Waals surface area contributed by atoms with Crippen LogP contribution in [0.1, 0.15) is 23.2 Å². The molecule has 1 saturated carbocycles. The van der Waals surface area contributed by atoms with Crippen molar-refractivity contribution >= 4 is 34.2 Å². The van der Waals surface area contributed by atoms with E-state index >= 15 is 0 Å². The van der Waals surface area contributed by atoms with Crippen LogP contribution in [0.5, 0.6) is 5.75 Å². The molecular formula is C23H18ClF2N5O2. The van der Waals surface area contributed by atoms with Gasteiger partial charge in [-0.25, -0.2) is 15.0 Å². The number of amides is 1. The Labute approximate surface area is 192 Å². The molecule has 4 aromatic rings. The van der Waals surface area contributed by atoms with Crippen LogP contribution < -0.4 is 10.1 Å². The summed E-state index contributed by atoms with van der Waals surface area (Å²) in [7, 11) is 0. The molecule has 1 aliphatic carbocycles. The van der Waals surface area contributed by atoms with Crippen molar-refractivity contribution in [1.82, 2.24) is 19.5 Å². The number of carbonyl (C=O) groups excluding carboxylic acids is 1. The summed E-state index contributed by atoms with van der Waals surface area (Å²) >= 11 is 4.78. The van der Waals surface area contributed by atoms with Crippen LogP contribution in [0, 0.1) is 5.92 Å². The highest BCUT2D eigenvalue weighted by molar-refractivity contribution is 6.20. The van der Waals surface area contributed by atoms with Gasteiger partial charge in [-0.05, 0) is 55.2 Å². The van der Waals surface area contributed by atoms with Gasteiger partial charge in [-0.15, -0.1) is 8.78 Å². The van der Waals surface area contributed by atoms with Crippen LogP contribution in [0.2, 0.25) is 0 Å². The summed E-state index contributed by atoms with van der Waals surface area (Å²) in [6.07, 6.45) is 9.05. The maximum absolute atomic E-state index is 13.0. The van der Waals surface area contributed by atoms with Crippen molar-refractivity contribution < 1.29 is 18.3 Å². The number of rotatable bonds is 7. The summed E-state index contributed by atoms with van der Waals surface area (Å²) < 4.78 is 32.0. The second-order valence-electron chi connectivity index (χ2n) is 7.89. The van der Waals surface area contributed by atoms with E-state index in [9.17, 15) is 13.6 Å². The Hall–Kier alpha value is -3.59. The highest BCUT2D eigenvalue weighted by Crippen LogP contribution is 2.35. The number of fused-ring (bicyclic) bond motifs is 1. The Kier molecular flexibility index (Phi) is 5.41. The molecule has 2 aromatic carbocycles. The smallest absolute Gasteiger partial charge is 0.420 e. The van der Waals surface area contributed by atoms with Crippen LogP contribution in [-0.4, -0.2) is 31.0 Å². The van der Waals surface area contributed by atoms with E-state index in [4.69, 9.17) is 11.6 Å². The highest BCUT2D eigenvalue weighted by atomic mass is 35.5. The molecule has 7 nitrogen and oxygen atoms in total. The Morgan fingerprint density at radius 3 is 2.58 bits per heavy atom. The zero-order valence-corrected chi connectivity index (χ0v) is 18.0. The summed E-state index contributed by atoms with van der Waals surface area (Å²) in [6, 6.07) is 9.00. The van der Waals surface area contributed by atoms with E-state index in [2.05, 4.69) is 29.6 Å². The SMILES string of the molecule is O=C(Nc1ccc(OC(F)(F)Cl)cc1)c1cc(-c2cncnc2)c2c(c1)ncn2CC1CC1. The van der Waals surface area contributed by atoms with E-state index in [-0.39, 0.29) is 11.7 Å². The van der Waals surface area contributed by atoms with Gasteiger partial charge >= 0.3 is 5.57 Å². The van der Waals surface area contributed by atoms with E-state index in [1.807, 2.05) is 0 Å². The van der Waals surface area contributed by atoms with Crippen molar-refractivity contribution in [3.63, 3.8) is 0 Å². The van der Waals surface area contributed by atoms with E-state index in [0.29, 0.717) is 22.7 Å². The summed E-state index contributed by atoms with van der Waals surface area (Å²) in [5, 5.41) is 2.76. The molecule has 2 aromatic heterocycles. The van der Waals surface area contributed by atoms with Crippen molar-refractivity contribution in [2.45, 2.75) is 25.0 Å². The Morgan fingerprint density at radius 1 is 1.18 bits per heavy atom. The fraction of sp³-hybridized carbons (Fsp3) is 0.217. The van der Waals surface area contributed by atoms with Crippen molar-refractivity contribution in [3.05, 3.63) is 67.0 Å². The van der Waals surface area contributed by atoms with Gasteiger partial charge in [-0.2, -0.15) is 0 Å². The molecule has 0 radical (unpaired) electrons. The van der Waals surface area contributed by atoms with Gasteiger partial charge < -0.3 is 14.6 Å². The number of halogens is 3. The molecule has 0 unspecified atom stereocenters. The zero-order chi connectivity index (χ0) is 23.0. The first-order valence-corrected chi connectivity index (χ1v) is 10.6. The third-order valence-electron chi connectivity index (χ3n) is 5.34. The number of nitrogens with zero attached hydrogens (tertiary/aromatic N) is 4. The third-order valence-corrected chi connectivity index (χ3v) is 5.42. The quantitative estimate of drug-likeness (QED) is 0.370. The Morgan fingerprint density at radius 2 is 1.91 bits per heavy atom. The van der Waals surface area contributed by atoms with Crippen molar-refractivity contribution in [2.24, 2.45) is 5.92 Å². The standard InChI is InChI=1S/C23H18ClF2N5O2/c24-23(25,26)33-18-5-3-17(4-6-18)30-22(32)15-7-19(16-9-27-12-28-10-16)21-20(8-15)29-13-31(21)11-14-1-2-14/h3-10,12-14H,1-2,11H2,(H,30,32). The average molecular weight is 470 g/mol. The van der Waals surface area contributed by atoms with E-state index in [1.165, 1.54) is 43.4 Å². The molecule has 5 rings (SSSR count). The maximum atomic E-state index is 13.0. The first kappa shape index (κ1) is 21.3. The number of ether oxygens (including phenoxy) is 1. The van der Waals surface area contributed by atoms with Crippen LogP contribution in [-0.2, 0) is 6.54 Å². The molecule has 2 heterocycles. The Balaban J connectivity index is 1.46. The number of hydrogen-bond acceptors (Lipinski definition) is 5. The van der Waals surface area contributed by atoms with E-state index in [1.54, 1.807) is 30.9 Å². The first-order valence-electron chi connectivity index (χ1n) is 10.3. The molecule has 1 aliphatic rings. The van der Waals surface area contributed by atoms with Gasteiger partial charge in [0.15, 0.2) is 0 Å². The predicted molar refractivity (Wildman–Crippen MR) is 119 cm³/mol. The fourth-order valence-corrected chi connectivity index (χ4v) is 3.75. The molecule has 1 N–H and O–H groups in total. The molecule has 0 atom stereocenters. The van der Waals surface area contributed by atoms with E-state index < -0.39 is 5.57 Å². The summed E-state index contributed by atoms with van der Waals surface area (Å²) in [6.45, 7) is 0.874. The number of alkyl halides is 3. The molecular weight excluding hydrogens is 452 g/mol. The molecule has 0 saturated heterocycles. The molecule has 0 aliphatic heterocycles. The number of anilines is 1. The van der Waals surface area contributed by atoms with Crippen LogP contribution in [0.3, 0.4) is 0 Å². The molecule has 1 fully saturated rings. The van der Waals surface area contributed by atoms with Gasteiger partial charge in [0.05, 0.1) is 17.4 Å². The number of benzene rings is 2. The van der Waals surface area contributed by atoms with Gasteiger partial charge in [0.2, 0.25) is 0 Å². The zero-order valence-electron chi connectivity index (χ0n) is 17.2. The highest BCUT2D eigenvalue weighted by Gasteiger charge is 2.27. The second-order valence-corrected chi connectivity index (χ2v) is 8.33. The van der Waals surface area contributed by atoms with Crippen molar-refractivity contribution in [2.75, 3.05) is 5.32 Å². The lowest BCUT2D eigenvalue weighted by atomic mass is 10.0. The van der Waals surface area contributed by atoms with Crippen LogP contribution >= 0.6 is 11.6 Å². The van der Waals surface area contributed by atoms with Crippen LogP contribution in [0.25, 0.3) is 22.2 Å². The average Bonchev–Trinajstić information content (AvgIpc) is 3.52. The van der Waals surface area contributed by atoms with Crippen LogP contribution in [0.4, 0.5) is 14.5 Å². The van der Waals surface area contributed by atoms with Gasteiger partial charge in [0.25, 0.3) is 5.91 Å². The van der Waals surface area contributed by atoms with Gasteiger partial charge in [0.1, 0.15) is 12.1 Å². The largest absolute Gasteiger partial charge is 0.487 e. The summed E-state index contributed by atoms with van der Waals surface area (Å²) in [4.78, 5) is 25.8. The first-order chi connectivity index (χ1) is 15.9. The lowest BCUT2D eigenvalue weighted by Gasteiger charge is -2.12. The lowest BCUT2D eigenvalue weighted by molar-refractivity contribution is -0.0964. The van der Waals surface area contributed by atoms with Gasteiger partial charge in [0, 0.05) is 52.9 Å². The minimum atomic E-state index is -3.80. The van der Waals surface area contributed by atoms with Crippen LogP contribution in [0.15, 0.2) is 61.4 Å². The second kappa shape index (κ2) is 8.40. The Bertz CT molecular complexity index is 1300. The molecule has 1 amide bonds. The number of imidazole rings is 1. The third kappa shape index (κ3) is 4.93. The lowest BCUT2D eigenvalue weighted by Crippen LogP contribution is -2.16. The monoisotopic (exact) mass is 469 g/mol. The molecule has 10 heteroatoms. The van der Waals surface area contributed by atoms with Gasteiger partial charge in [-0.3, -0.25) is 4.79 Å².